The van der Waals surface area contributed by atoms with Crippen molar-refractivity contribution in [1.82, 2.24) is 14.9 Å². The van der Waals surface area contributed by atoms with Crippen LogP contribution in [0.5, 0.6) is 11.5 Å². The molecule has 0 bridgehead atoms. The molecule has 8 heteroatoms. The van der Waals surface area contributed by atoms with Crippen LogP contribution < -0.4 is 20.7 Å². The van der Waals surface area contributed by atoms with E-state index in [4.69, 9.17) is 15.3 Å². The van der Waals surface area contributed by atoms with Crippen LogP contribution in [0.3, 0.4) is 0 Å². The second-order valence-electron chi connectivity index (χ2n) is 5.50. The van der Waals surface area contributed by atoms with E-state index >= 15 is 0 Å². The average molecular weight is 352 g/mol. The van der Waals surface area contributed by atoms with Gasteiger partial charge in [0.25, 0.3) is 5.95 Å². The summed E-state index contributed by atoms with van der Waals surface area (Å²) in [7, 11) is 1.60. The molecule has 0 amide bonds. The Morgan fingerprint density at radius 2 is 1.96 bits per heavy atom. The predicted molar refractivity (Wildman–Crippen MR) is 99.9 cm³/mol. The number of nitrogens with zero attached hydrogens (tertiary/aromatic N) is 4. The first-order valence-corrected chi connectivity index (χ1v) is 7.98. The van der Waals surface area contributed by atoms with Crippen LogP contribution in [0.2, 0.25) is 0 Å². The molecule has 0 unspecified atom stereocenters. The van der Waals surface area contributed by atoms with Crippen LogP contribution in [0.25, 0.3) is 0 Å². The molecule has 1 aromatic heterocycles. The molecule has 8 nitrogen and oxygen atoms in total. The summed E-state index contributed by atoms with van der Waals surface area (Å²) >= 11 is 0. The zero-order valence-corrected chi connectivity index (χ0v) is 14.6. The lowest BCUT2D eigenvalue weighted by Crippen LogP contribution is -2.13. The summed E-state index contributed by atoms with van der Waals surface area (Å²) in [6.45, 7) is 2.22. The predicted octanol–water partition coefficient (Wildman–Crippen LogP) is 2.33. The standard InChI is InChI=1S/C18H20N6O2/c1-13-21-23-18(24(13)19)22-20-11-15-8-9-16(17(10-15)25-2)26-12-14-6-4-3-5-7-14/h3-11H,12,19H2,1-2H3,(H,22,23). The highest BCUT2D eigenvalue weighted by atomic mass is 16.5. The van der Waals surface area contributed by atoms with Gasteiger partial charge in [0, 0.05) is 0 Å². The number of hydrogen-bond acceptors (Lipinski definition) is 7. The highest BCUT2D eigenvalue weighted by molar-refractivity contribution is 5.81. The van der Waals surface area contributed by atoms with Gasteiger partial charge in [-0.05, 0) is 36.2 Å². The largest absolute Gasteiger partial charge is 0.493 e. The van der Waals surface area contributed by atoms with Gasteiger partial charge in [0.05, 0.1) is 13.3 Å². The van der Waals surface area contributed by atoms with Crippen LogP contribution in [0.4, 0.5) is 5.95 Å². The number of ether oxygens (including phenoxy) is 2. The molecule has 3 rings (SSSR count). The zero-order valence-electron chi connectivity index (χ0n) is 14.6. The number of nitrogen functional groups attached to an aromatic ring is 1. The summed E-state index contributed by atoms with van der Waals surface area (Å²) < 4.78 is 12.6. The van der Waals surface area contributed by atoms with Crippen LogP contribution in [0.15, 0.2) is 53.6 Å². The van der Waals surface area contributed by atoms with Gasteiger partial charge in [0.15, 0.2) is 17.3 Å². The molecule has 0 atom stereocenters. The van der Waals surface area contributed by atoms with Crippen LogP contribution in [-0.4, -0.2) is 28.2 Å². The van der Waals surface area contributed by atoms with E-state index in [9.17, 15) is 0 Å². The quantitative estimate of drug-likeness (QED) is 0.385. The summed E-state index contributed by atoms with van der Waals surface area (Å²) in [5.74, 6) is 7.98. The topological polar surface area (TPSA) is 99.6 Å². The molecule has 134 valence electrons. The van der Waals surface area contributed by atoms with Crippen LogP contribution in [0.1, 0.15) is 17.0 Å². The fraction of sp³-hybridized carbons (Fsp3) is 0.167. The van der Waals surface area contributed by atoms with Gasteiger partial charge in [-0.15, -0.1) is 10.2 Å². The number of benzene rings is 2. The highest BCUT2D eigenvalue weighted by Gasteiger charge is 2.06. The molecule has 2 aromatic carbocycles. The average Bonchev–Trinajstić information content (AvgIpc) is 3.00. The number of nitrogens with one attached hydrogen (secondary N) is 1. The van der Waals surface area contributed by atoms with Crippen molar-refractivity contribution in [3.63, 3.8) is 0 Å². The SMILES string of the molecule is COc1cc(C=NNc2nnc(C)n2N)ccc1OCc1ccccc1. The Labute approximate surface area is 151 Å². The second-order valence-corrected chi connectivity index (χ2v) is 5.50. The number of anilines is 1. The number of methoxy groups -OCH3 is 1. The molecular formula is C18H20N6O2. The molecule has 26 heavy (non-hydrogen) atoms. The summed E-state index contributed by atoms with van der Waals surface area (Å²) in [4.78, 5) is 0. The Bertz CT molecular complexity index is 892. The third-order valence-corrected chi connectivity index (χ3v) is 3.67. The van der Waals surface area contributed by atoms with Crippen molar-refractivity contribution in [2.45, 2.75) is 13.5 Å². The zero-order chi connectivity index (χ0) is 18.4. The van der Waals surface area contributed by atoms with E-state index in [0.29, 0.717) is 29.9 Å². The maximum atomic E-state index is 5.84. The van der Waals surface area contributed by atoms with Gasteiger partial charge in [0.1, 0.15) is 6.61 Å². The number of hydrazone groups is 1. The lowest BCUT2D eigenvalue weighted by Gasteiger charge is -2.11. The number of hydrogen-bond donors (Lipinski definition) is 2. The van der Waals surface area contributed by atoms with E-state index in [-0.39, 0.29) is 0 Å². The molecule has 0 spiro atoms. The Kier molecular flexibility index (Phi) is 5.33. The smallest absolute Gasteiger partial charge is 0.263 e. The number of aromatic nitrogens is 3. The lowest BCUT2D eigenvalue weighted by atomic mass is 10.2. The summed E-state index contributed by atoms with van der Waals surface area (Å²) in [5, 5.41) is 11.8. The Balaban J connectivity index is 1.66. The number of aryl methyl sites for hydroxylation is 1. The Morgan fingerprint density at radius 3 is 2.65 bits per heavy atom. The van der Waals surface area contributed by atoms with Gasteiger partial charge in [-0.1, -0.05) is 30.3 Å². The van der Waals surface area contributed by atoms with E-state index in [1.165, 1.54) is 4.68 Å². The third kappa shape index (κ3) is 4.10. The van der Waals surface area contributed by atoms with Crippen molar-refractivity contribution in [3.05, 3.63) is 65.5 Å². The monoisotopic (exact) mass is 352 g/mol. The van der Waals surface area contributed by atoms with Gasteiger partial charge in [0.2, 0.25) is 0 Å². The minimum atomic E-state index is 0.355. The fourth-order valence-electron chi connectivity index (χ4n) is 2.23. The van der Waals surface area contributed by atoms with Gasteiger partial charge >= 0.3 is 0 Å². The van der Waals surface area contributed by atoms with Crippen molar-refractivity contribution < 1.29 is 9.47 Å². The van der Waals surface area contributed by atoms with E-state index in [2.05, 4.69) is 20.7 Å². The normalized spacial score (nSPS) is 10.8. The first-order valence-electron chi connectivity index (χ1n) is 7.98. The molecule has 3 N–H and O–H groups in total. The molecule has 0 radical (unpaired) electrons. The van der Waals surface area contributed by atoms with Crippen LogP contribution >= 0.6 is 0 Å². The molecule has 0 aliphatic heterocycles. The van der Waals surface area contributed by atoms with E-state index in [1.807, 2.05) is 48.5 Å². The van der Waals surface area contributed by atoms with Gasteiger partial charge in [-0.3, -0.25) is 0 Å². The molecular weight excluding hydrogens is 332 g/mol. The van der Waals surface area contributed by atoms with Gasteiger partial charge in [-0.25, -0.2) is 10.1 Å². The first-order chi connectivity index (χ1) is 12.7. The van der Waals surface area contributed by atoms with Crippen molar-refractivity contribution >= 4 is 12.2 Å². The minimum absolute atomic E-state index is 0.355. The Morgan fingerprint density at radius 1 is 1.15 bits per heavy atom. The molecule has 0 saturated carbocycles. The minimum Gasteiger partial charge on any atom is -0.493 e. The maximum absolute atomic E-state index is 5.84. The number of rotatable bonds is 7. The second kappa shape index (κ2) is 8.02. The van der Waals surface area contributed by atoms with Crippen molar-refractivity contribution in [3.8, 4) is 11.5 Å². The van der Waals surface area contributed by atoms with E-state index in [0.717, 1.165) is 11.1 Å². The summed E-state index contributed by atoms with van der Waals surface area (Å²) in [5.41, 5.74) is 4.67. The maximum Gasteiger partial charge on any atom is 0.263 e. The molecule has 0 saturated heterocycles. The van der Waals surface area contributed by atoms with Crippen molar-refractivity contribution in [1.29, 1.82) is 0 Å². The summed E-state index contributed by atoms with van der Waals surface area (Å²) in [6.07, 6.45) is 1.63. The molecule has 1 heterocycles. The van der Waals surface area contributed by atoms with E-state index in [1.54, 1.807) is 20.2 Å². The molecule has 0 aliphatic rings. The van der Waals surface area contributed by atoms with Gasteiger partial charge in [-0.2, -0.15) is 5.10 Å². The summed E-state index contributed by atoms with van der Waals surface area (Å²) in [6, 6.07) is 15.5. The molecule has 0 aliphatic carbocycles. The van der Waals surface area contributed by atoms with Gasteiger partial charge < -0.3 is 15.3 Å². The fourth-order valence-corrected chi connectivity index (χ4v) is 2.23. The third-order valence-electron chi connectivity index (χ3n) is 3.67. The molecule has 3 aromatic rings. The van der Waals surface area contributed by atoms with Crippen LogP contribution in [0, 0.1) is 6.92 Å². The first kappa shape index (κ1) is 17.3. The van der Waals surface area contributed by atoms with E-state index < -0.39 is 0 Å². The van der Waals surface area contributed by atoms with Crippen molar-refractivity contribution in [2.24, 2.45) is 5.10 Å². The molecule has 0 fully saturated rings. The number of nitrogens with two attached hydrogens (primary N) is 1. The van der Waals surface area contributed by atoms with Crippen LogP contribution in [-0.2, 0) is 6.61 Å². The lowest BCUT2D eigenvalue weighted by molar-refractivity contribution is 0.284. The Hall–Kier alpha value is -3.55. The van der Waals surface area contributed by atoms with Crippen molar-refractivity contribution in [2.75, 3.05) is 18.4 Å². The highest BCUT2D eigenvalue weighted by Crippen LogP contribution is 2.28.